The summed E-state index contributed by atoms with van der Waals surface area (Å²) in [4.78, 5) is 11.1. The average molecular weight is 424 g/mol. The van der Waals surface area contributed by atoms with Crippen LogP contribution in [0.25, 0.3) is 11.1 Å². The van der Waals surface area contributed by atoms with Gasteiger partial charge in [-0.05, 0) is 0 Å². The second kappa shape index (κ2) is 7.53. The molecule has 0 unspecified atom stereocenters. The Morgan fingerprint density at radius 1 is 1.30 bits per heavy atom. The average Bonchev–Trinajstić information content (AvgIpc) is 3.09. The van der Waals surface area contributed by atoms with E-state index in [4.69, 9.17) is 0 Å². The minimum atomic E-state index is -0.187. The van der Waals surface area contributed by atoms with Crippen LogP contribution in [-0.2, 0) is 0 Å². The van der Waals surface area contributed by atoms with Crippen LogP contribution in [0.4, 0.5) is 4.39 Å². The van der Waals surface area contributed by atoms with E-state index >= 15 is 0 Å². The molecule has 3 rings (SSSR count). The van der Waals surface area contributed by atoms with Crippen LogP contribution in [0.5, 0.6) is 0 Å². The molecule has 1 aliphatic rings. The van der Waals surface area contributed by atoms with Crippen molar-refractivity contribution in [2.45, 2.75) is 13.3 Å². The van der Waals surface area contributed by atoms with Gasteiger partial charge in [-0.15, -0.1) is 0 Å². The first-order valence-electron chi connectivity index (χ1n) is 7.83. The van der Waals surface area contributed by atoms with E-state index in [0.29, 0.717) is 11.1 Å². The zero-order valence-corrected chi connectivity index (χ0v) is 15.3. The third kappa shape index (κ3) is 3.98. The van der Waals surface area contributed by atoms with Crippen molar-refractivity contribution >= 4 is 6.29 Å². The molecule has 0 bridgehead atoms. The van der Waals surface area contributed by atoms with Crippen LogP contribution in [0.15, 0.2) is 36.4 Å². The van der Waals surface area contributed by atoms with Crippen LogP contribution < -0.4 is 26.5 Å². The van der Waals surface area contributed by atoms with Crippen molar-refractivity contribution in [2.24, 2.45) is 5.92 Å². The van der Waals surface area contributed by atoms with Gasteiger partial charge in [0, 0.05) is 0 Å². The Bertz CT molecular complexity index is 711. The first-order chi connectivity index (χ1) is 11.2. The van der Waals surface area contributed by atoms with Gasteiger partial charge in [0.25, 0.3) is 0 Å². The summed E-state index contributed by atoms with van der Waals surface area (Å²) in [5.74, 6) is 0.588. The van der Waals surface area contributed by atoms with Gasteiger partial charge in [-0.25, -0.2) is 0 Å². The van der Waals surface area contributed by atoms with E-state index in [1.165, 1.54) is 20.5 Å². The van der Waals surface area contributed by atoms with Crippen LogP contribution in [0.1, 0.15) is 22.3 Å². The fourth-order valence-corrected chi connectivity index (χ4v) is 5.97. The first kappa shape index (κ1) is 16.6. The van der Waals surface area contributed by atoms with Crippen molar-refractivity contribution in [1.82, 2.24) is 5.32 Å². The van der Waals surface area contributed by atoms with Crippen LogP contribution in [0, 0.1) is 22.2 Å². The van der Waals surface area contributed by atoms with E-state index < -0.39 is 0 Å². The molecule has 23 heavy (non-hydrogen) atoms. The molecule has 1 saturated heterocycles. The first-order valence-corrected chi connectivity index (χ1v) is 10.4. The summed E-state index contributed by atoms with van der Waals surface area (Å²) in [6, 6.07) is 11.1. The molecule has 2 aromatic rings. The van der Waals surface area contributed by atoms with Gasteiger partial charge in [-0.3, -0.25) is 0 Å². The molecular formula is C19H20FINO-. The molecular weight excluding hydrogens is 404 g/mol. The summed E-state index contributed by atoms with van der Waals surface area (Å²) in [7, 11) is 0. The summed E-state index contributed by atoms with van der Waals surface area (Å²) in [5.41, 5.74) is 3.42. The van der Waals surface area contributed by atoms with Crippen molar-refractivity contribution in [3.63, 3.8) is 0 Å². The SMILES string of the molecule is Cc1cc(-c2cc(C=O)ccc2[I-]C[C@H]2CCNC2)ccc1F. The number of carbonyl (C=O) groups is 1. The number of aryl methyl sites for hydroxylation is 1. The zero-order valence-electron chi connectivity index (χ0n) is 13.1. The molecule has 0 amide bonds. The molecule has 122 valence electrons. The maximum absolute atomic E-state index is 13.6. The van der Waals surface area contributed by atoms with E-state index in [-0.39, 0.29) is 27.0 Å². The number of hydrogen-bond acceptors (Lipinski definition) is 2. The number of hydrogen-bond donors (Lipinski definition) is 1. The van der Waals surface area contributed by atoms with Gasteiger partial charge in [0.05, 0.1) is 0 Å². The fraction of sp³-hybridized carbons (Fsp3) is 0.316. The molecule has 4 heteroatoms. The van der Waals surface area contributed by atoms with E-state index in [1.807, 2.05) is 24.3 Å². The normalized spacial score (nSPS) is 17.6. The molecule has 2 aromatic carbocycles. The van der Waals surface area contributed by atoms with E-state index in [2.05, 4.69) is 11.4 Å². The van der Waals surface area contributed by atoms with Crippen LogP contribution in [0.3, 0.4) is 0 Å². The second-order valence-electron chi connectivity index (χ2n) is 5.97. The Kier molecular flexibility index (Phi) is 5.43. The predicted molar refractivity (Wildman–Crippen MR) is 86.5 cm³/mol. The standard InChI is InChI=1S/C19H20FINO/c1-13-8-16(3-4-18(13)20)17-9-14(12-23)2-5-19(17)21-10-15-6-7-22-11-15/h2-5,8-9,12,15,22H,6-7,10-11H2,1H3/q-1/t15-/m1/s1. The number of rotatable bonds is 5. The Morgan fingerprint density at radius 3 is 2.87 bits per heavy atom. The van der Waals surface area contributed by atoms with Crippen molar-refractivity contribution in [3.05, 3.63) is 56.9 Å². The summed E-state index contributed by atoms with van der Waals surface area (Å²) in [6.07, 6.45) is 2.14. The van der Waals surface area contributed by atoms with Crippen LogP contribution in [-0.4, -0.2) is 23.8 Å². The Hall–Kier alpha value is -1.27. The molecule has 0 aromatic heterocycles. The quantitative estimate of drug-likeness (QED) is 0.430. The van der Waals surface area contributed by atoms with Crippen molar-refractivity contribution in [1.29, 1.82) is 0 Å². The second-order valence-corrected chi connectivity index (χ2v) is 8.77. The van der Waals surface area contributed by atoms with Crippen molar-refractivity contribution in [2.75, 3.05) is 17.5 Å². The molecule has 1 N–H and O–H groups in total. The monoisotopic (exact) mass is 424 g/mol. The van der Waals surface area contributed by atoms with E-state index in [0.717, 1.165) is 36.4 Å². The van der Waals surface area contributed by atoms with Gasteiger partial charge >= 0.3 is 147 Å². The summed E-state index contributed by atoms with van der Waals surface area (Å²) < 4.78 is 16.1. The summed E-state index contributed by atoms with van der Waals surface area (Å²) in [5, 5.41) is 3.42. The third-order valence-corrected chi connectivity index (χ3v) is 7.65. The number of aldehydes is 1. The zero-order chi connectivity index (χ0) is 16.2. The van der Waals surface area contributed by atoms with Crippen molar-refractivity contribution < 1.29 is 30.4 Å². The number of alkyl halides is 1. The Balaban J connectivity index is 1.91. The van der Waals surface area contributed by atoms with E-state index in [1.54, 1.807) is 6.92 Å². The van der Waals surface area contributed by atoms with Gasteiger partial charge in [-0.1, -0.05) is 0 Å². The topological polar surface area (TPSA) is 29.1 Å². The molecule has 1 fully saturated rings. The molecule has 0 saturated carbocycles. The molecule has 1 aliphatic heterocycles. The number of halogens is 2. The van der Waals surface area contributed by atoms with Gasteiger partial charge in [0.1, 0.15) is 0 Å². The summed E-state index contributed by atoms with van der Waals surface area (Å²) >= 11 is -0.119. The van der Waals surface area contributed by atoms with Gasteiger partial charge < -0.3 is 0 Å². The van der Waals surface area contributed by atoms with Gasteiger partial charge in [-0.2, -0.15) is 0 Å². The van der Waals surface area contributed by atoms with E-state index in [9.17, 15) is 9.18 Å². The number of carbonyl (C=O) groups excluding carboxylic acids is 1. The Labute approximate surface area is 146 Å². The molecule has 0 spiro atoms. The summed E-state index contributed by atoms with van der Waals surface area (Å²) in [6.45, 7) is 4.03. The van der Waals surface area contributed by atoms with Gasteiger partial charge in [0.2, 0.25) is 0 Å². The van der Waals surface area contributed by atoms with Crippen molar-refractivity contribution in [3.8, 4) is 11.1 Å². The molecule has 1 heterocycles. The molecule has 2 nitrogen and oxygen atoms in total. The minimum absolute atomic E-state index is 0.119. The molecule has 1 atom stereocenters. The van der Waals surface area contributed by atoms with Crippen LogP contribution in [0.2, 0.25) is 0 Å². The predicted octanol–water partition coefficient (Wildman–Crippen LogP) is 0.482. The number of nitrogens with one attached hydrogen (secondary N) is 1. The van der Waals surface area contributed by atoms with Crippen LogP contribution >= 0.6 is 0 Å². The fourth-order valence-electron chi connectivity index (χ4n) is 2.80. The third-order valence-electron chi connectivity index (χ3n) is 4.20. The Morgan fingerprint density at radius 2 is 2.17 bits per heavy atom. The van der Waals surface area contributed by atoms with Gasteiger partial charge in [0.15, 0.2) is 0 Å². The molecule has 0 radical (unpaired) electrons. The number of benzene rings is 2. The maximum atomic E-state index is 13.6. The molecule has 0 aliphatic carbocycles.